The van der Waals surface area contributed by atoms with Crippen molar-refractivity contribution in [2.75, 3.05) is 30.4 Å². The topological polar surface area (TPSA) is 84.7 Å². The Balaban J connectivity index is 2.28. The van der Waals surface area contributed by atoms with Crippen molar-refractivity contribution in [3.8, 4) is 5.95 Å². The second-order valence-electron chi connectivity index (χ2n) is 4.80. The lowest BCUT2D eigenvalue weighted by Crippen LogP contribution is -2.23. The van der Waals surface area contributed by atoms with Crippen LogP contribution in [0, 0.1) is 0 Å². The first-order chi connectivity index (χ1) is 10.2. The molecule has 1 N–H and O–H groups in total. The van der Waals surface area contributed by atoms with E-state index < -0.39 is 0 Å². The standard InChI is InChI=1S/C13H22N8/c1-4-6-8-20(3)12-17-11(15-7-5-2)18-13(19-12)21-10-14-9-16-21/h9-10H,4-8H2,1-3H3,(H,15,17,18,19). The van der Waals surface area contributed by atoms with Gasteiger partial charge < -0.3 is 10.2 Å². The molecule has 114 valence electrons. The van der Waals surface area contributed by atoms with Crippen molar-refractivity contribution >= 4 is 11.9 Å². The second-order valence-corrected chi connectivity index (χ2v) is 4.80. The van der Waals surface area contributed by atoms with E-state index in [0.717, 1.165) is 32.4 Å². The third kappa shape index (κ3) is 4.11. The molecule has 2 aromatic rings. The summed E-state index contributed by atoms with van der Waals surface area (Å²) in [4.78, 5) is 19.3. The summed E-state index contributed by atoms with van der Waals surface area (Å²) in [5, 5.41) is 7.27. The molecule has 8 heteroatoms. The van der Waals surface area contributed by atoms with Crippen molar-refractivity contribution in [2.45, 2.75) is 33.1 Å². The average Bonchev–Trinajstić information content (AvgIpc) is 3.04. The lowest BCUT2D eigenvalue weighted by atomic mass is 10.3. The molecule has 0 radical (unpaired) electrons. The molecule has 0 aliphatic rings. The largest absolute Gasteiger partial charge is 0.354 e. The monoisotopic (exact) mass is 290 g/mol. The molecule has 0 unspecified atom stereocenters. The Morgan fingerprint density at radius 2 is 2.05 bits per heavy atom. The number of nitrogens with zero attached hydrogens (tertiary/aromatic N) is 7. The van der Waals surface area contributed by atoms with Crippen LogP contribution in [0.3, 0.4) is 0 Å². The highest BCUT2D eigenvalue weighted by Crippen LogP contribution is 2.12. The Labute approximate surface area is 124 Å². The van der Waals surface area contributed by atoms with Crippen LogP contribution in [0.1, 0.15) is 33.1 Å². The molecular weight excluding hydrogens is 268 g/mol. The minimum Gasteiger partial charge on any atom is -0.354 e. The van der Waals surface area contributed by atoms with Gasteiger partial charge in [-0.1, -0.05) is 20.3 Å². The van der Waals surface area contributed by atoms with Gasteiger partial charge in [0.2, 0.25) is 11.9 Å². The highest BCUT2D eigenvalue weighted by atomic mass is 15.4. The first-order valence-corrected chi connectivity index (χ1v) is 7.30. The van der Waals surface area contributed by atoms with E-state index in [1.165, 1.54) is 11.0 Å². The van der Waals surface area contributed by atoms with Gasteiger partial charge in [-0.15, -0.1) is 0 Å². The molecule has 0 bridgehead atoms. The Bertz CT molecular complexity index is 539. The maximum absolute atomic E-state index is 4.46. The molecule has 0 saturated carbocycles. The number of hydrogen-bond acceptors (Lipinski definition) is 7. The van der Waals surface area contributed by atoms with Crippen molar-refractivity contribution in [3.63, 3.8) is 0 Å². The van der Waals surface area contributed by atoms with Gasteiger partial charge in [0.05, 0.1) is 0 Å². The van der Waals surface area contributed by atoms with Gasteiger partial charge in [-0.2, -0.15) is 24.7 Å². The fraction of sp³-hybridized carbons (Fsp3) is 0.615. The van der Waals surface area contributed by atoms with E-state index in [4.69, 9.17) is 0 Å². The molecule has 8 nitrogen and oxygen atoms in total. The van der Waals surface area contributed by atoms with E-state index >= 15 is 0 Å². The predicted molar refractivity (Wildman–Crippen MR) is 81.7 cm³/mol. The molecular formula is C13H22N8. The molecule has 0 atom stereocenters. The number of nitrogens with one attached hydrogen (secondary N) is 1. The third-order valence-electron chi connectivity index (χ3n) is 2.96. The number of hydrogen-bond donors (Lipinski definition) is 1. The molecule has 0 spiro atoms. The van der Waals surface area contributed by atoms with Crippen molar-refractivity contribution < 1.29 is 0 Å². The van der Waals surface area contributed by atoms with Gasteiger partial charge in [0.25, 0.3) is 5.95 Å². The van der Waals surface area contributed by atoms with Gasteiger partial charge >= 0.3 is 0 Å². The normalized spacial score (nSPS) is 10.6. The van der Waals surface area contributed by atoms with Gasteiger partial charge in [0, 0.05) is 20.1 Å². The van der Waals surface area contributed by atoms with Crippen molar-refractivity contribution in [1.82, 2.24) is 29.7 Å². The maximum Gasteiger partial charge on any atom is 0.258 e. The van der Waals surface area contributed by atoms with Crippen molar-refractivity contribution in [3.05, 3.63) is 12.7 Å². The minimum atomic E-state index is 0.472. The molecule has 0 saturated heterocycles. The molecule has 21 heavy (non-hydrogen) atoms. The molecule has 0 aliphatic carbocycles. The van der Waals surface area contributed by atoms with Crippen LogP contribution in [0.5, 0.6) is 0 Å². The predicted octanol–water partition coefficient (Wildman–Crippen LogP) is 1.51. The number of aromatic nitrogens is 6. The minimum absolute atomic E-state index is 0.472. The van der Waals surface area contributed by atoms with Crippen LogP contribution in [0.25, 0.3) is 5.95 Å². The van der Waals surface area contributed by atoms with Crippen LogP contribution in [-0.4, -0.2) is 49.9 Å². The summed E-state index contributed by atoms with van der Waals surface area (Å²) in [6.45, 7) is 5.99. The summed E-state index contributed by atoms with van der Waals surface area (Å²) in [5.74, 6) is 1.68. The number of unbranched alkanes of at least 4 members (excludes halogenated alkanes) is 1. The lowest BCUT2D eigenvalue weighted by molar-refractivity contribution is 0.732. The summed E-state index contributed by atoms with van der Waals surface area (Å²) in [6, 6.07) is 0. The maximum atomic E-state index is 4.46. The first kappa shape index (κ1) is 15.1. The van der Waals surface area contributed by atoms with Crippen LogP contribution >= 0.6 is 0 Å². The lowest BCUT2D eigenvalue weighted by Gasteiger charge is -2.17. The molecule has 0 fully saturated rings. The van der Waals surface area contributed by atoms with Gasteiger partial charge in [-0.05, 0) is 12.8 Å². The highest BCUT2D eigenvalue weighted by molar-refractivity contribution is 5.39. The summed E-state index contributed by atoms with van der Waals surface area (Å²) in [6.07, 6.45) is 6.27. The Hall–Kier alpha value is -2.25. The highest BCUT2D eigenvalue weighted by Gasteiger charge is 2.11. The SMILES string of the molecule is CCCCN(C)c1nc(NCCC)nc(-n2cncn2)n1. The zero-order chi connectivity index (χ0) is 15.1. The summed E-state index contributed by atoms with van der Waals surface area (Å²) in [5.41, 5.74) is 0. The molecule has 2 heterocycles. The fourth-order valence-corrected chi connectivity index (χ4v) is 1.75. The molecule has 0 amide bonds. The summed E-state index contributed by atoms with van der Waals surface area (Å²) >= 11 is 0. The van der Waals surface area contributed by atoms with Crippen LogP contribution in [-0.2, 0) is 0 Å². The summed E-state index contributed by atoms with van der Waals surface area (Å²) in [7, 11) is 1.99. The Morgan fingerprint density at radius 3 is 2.71 bits per heavy atom. The van der Waals surface area contributed by atoms with E-state index in [1.807, 2.05) is 11.9 Å². The van der Waals surface area contributed by atoms with Crippen molar-refractivity contribution in [2.24, 2.45) is 0 Å². The quantitative estimate of drug-likeness (QED) is 0.788. The average molecular weight is 290 g/mol. The molecule has 0 aromatic carbocycles. The van der Waals surface area contributed by atoms with Crippen molar-refractivity contribution in [1.29, 1.82) is 0 Å². The first-order valence-electron chi connectivity index (χ1n) is 7.30. The smallest absolute Gasteiger partial charge is 0.258 e. The van der Waals surface area contributed by atoms with E-state index in [-0.39, 0.29) is 0 Å². The Morgan fingerprint density at radius 1 is 1.19 bits per heavy atom. The van der Waals surface area contributed by atoms with Crippen LogP contribution in [0.4, 0.5) is 11.9 Å². The van der Waals surface area contributed by atoms with E-state index in [2.05, 4.69) is 44.2 Å². The Kier molecular flexibility index (Phi) is 5.42. The van der Waals surface area contributed by atoms with Gasteiger partial charge in [-0.3, -0.25) is 0 Å². The fourth-order valence-electron chi connectivity index (χ4n) is 1.75. The molecule has 2 aromatic heterocycles. The van der Waals surface area contributed by atoms with Gasteiger partial charge in [0.1, 0.15) is 12.7 Å². The van der Waals surface area contributed by atoms with Crippen LogP contribution < -0.4 is 10.2 Å². The zero-order valence-corrected chi connectivity index (χ0v) is 12.8. The number of rotatable bonds is 8. The summed E-state index contributed by atoms with van der Waals surface area (Å²) < 4.78 is 1.54. The number of anilines is 2. The third-order valence-corrected chi connectivity index (χ3v) is 2.96. The van der Waals surface area contributed by atoms with E-state index in [0.29, 0.717) is 17.8 Å². The van der Waals surface area contributed by atoms with Crippen LogP contribution in [0.15, 0.2) is 12.7 Å². The van der Waals surface area contributed by atoms with Gasteiger partial charge in [-0.25, -0.2) is 4.98 Å². The van der Waals surface area contributed by atoms with E-state index in [1.54, 1.807) is 6.33 Å². The zero-order valence-electron chi connectivity index (χ0n) is 12.8. The molecule has 0 aliphatic heterocycles. The molecule has 2 rings (SSSR count). The van der Waals surface area contributed by atoms with Crippen LogP contribution in [0.2, 0.25) is 0 Å². The van der Waals surface area contributed by atoms with E-state index in [9.17, 15) is 0 Å². The van der Waals surface area contributed by atoms with Gasteiger partial charge in [0.15, 0.2) is 0 Å². The second kappa shape index (κ2) is 7.51.